The zero-order valence-electron chi connectivity index (χ0n) is 13.2. The number of amides is 1. The molecule has 126 valence electrons. The van der Waals surface area contributed by atoms with Crippen molar-refractivity contribution in [2.45, 2.75) is 25.5 Å². The van der Waals surface area contributed by atoms with Crippen LogP contribution in [0.5, 0.6) is 5.88 Å². The summed E-state index contributed by atoms with van der Waals surface area (Å²) in [6.07, 6.45) is 3.76. The fraction of sp³-hybridized carbons (Fsp3) is 0.333. The van der Waals surface area contributed by atoms with Crippen LogP contribution in [0.2, 0.25) is 5.02 Å². The third kappa shape index (κ3) is 4.69. The molecule has 1 aliphatic rings. The van der Waals surface area contributed by atoms with Crippen molar-refractivity contribution in [1.82, 2.24) is 10.3 Å². The number of hydrogen-bond acceptors (Lipinski definition) is 4. The summed E-state index contributed by atoms with van der Waals surface area (Å²) in [5, 5.41) is 3.52. The van der Waals surface area contributed by atoms with Gasteiger partial charge in [0, 0.05) is 30.4 Å². The molecule has 0 radical (unpaired) electrons. The van der Waals surface area contributed by atoms with E-state index in [-0.39, 0.29) is 12.0 Å². The molecule has 1 fully saturated rings. The first-order valence-electron chi connectivity index (χ1n) is 7.94. The zero-order valence-corrected chi connectivity index (χ0v) is 14.0. The Morgan fingerprint density at radius 3 is 2.79 bits per heavy atom. The second-order valence-electron chi connectivity index (χ2n) is 5.64. The van der Waals surface area contributed by atoms with Gasteiger partial charge in [0.15, 0.2) is 0 Å². The highest BCUT2D eigenvalue weighted by molar-refractivity contribution is 6.30. The highest BCUT2D eigenvalue weighted by Gasteiger charge is 2.16. The zero-order chi connectivity index (χ0) is 16.8. The quantitative estimate of drug-likeness (QED) is 0.872. The Labute approximate surface area is 145 Å². The average Bonchev–Trinajstić information content (AvgIpc) is 3.13. The molecule has 1 atom stereocenters. The second-order valence-corrected chi connectivity index (χ2v) is 6.08. The molecular formula is C18H19ClN2O3. The first kappa shape index (κ1) is 16.7. The number of hydrogen-bond donors (Lipinski definition) is 1. The van der Waals surface area contributed by atoms with Gasteiger partial charge < -0.3 is 14.8 Å². The molecule has 6 heteroatoms. The molecule has 1 aromatic carbocycles. The molecule has 0 bridgehead atoms. The Morgan fingerprint density at radius 2 is 2.12 bits per heavy atom. The van der Waals surface area contributed by atoms with Crippen LogP contribution >= 0.6 is 11.6 Å². The van der Waals surface area contributed by atoms with Crippen LogP contribution in [0, 0.1) is 0 Å². The third-order valence-corrected chi connectivity index (χ3v) is 4.06. The Balaban J connectivity index is 1.48. The highest BCUT2D eigenvalue weighted by Crippen LogP contribution is 2.15. The van der Waals surface area contributed by atoms with Crippen LogP contribution in [0.3, 0.4) is 0 Å². The number of benzene rings is 1. The molecular weight excluding hydrogens is 328 g/mol. The molecule has 3 rings (SSSR count). The molecule has 1 N–H and O–H groups in total. The topological polar surface area (TPSA) is 60.5 Å². The Kier molecular flexibility index (Phi) is 5.67. The lowest BCUT2D eigenvalue weighted by molar-refractivity contribution is 0.0663. The fourth-order valence-corrected chi connectivity index (χ4v) is 2.57. The summed E-state index contributed by atoms with van der Waals surface area (Å²) in [4.78, 5) is 16.3. The highest BCUT2D eigenvalue weighted by atomic mass is 35.5. The molecule has 0 spiro atoms. The van der Waals surface area contributed by atoms with Gasteiger partial charge >= 0.3 is 0 Å². The van der Waals surface area contributed by atoms with Gasteiger partial charge in [-0.1, -0.05) is 23.7 Å². The van der Waals surface area contributed by atoms with Gasteiger partial charge in [-0.05, 0) is 36.6 Å². The first-order valence-corrected chi connectivity index (χ1v) is 8.31. The van der Waals surface area contributed by atoms with Crippen molar-refractivity contribution in [3.63, 3.8) is 0 Å². The summed E-state index contributed by atoms with van der Waals surface area (Å²) in [7, 11) is 0. The van der Waals surface area contributed by atoms with Crippen LogP contribution in [0.25, 0.3) is 0 Å². The first-order chi connectivity index (χ1) is 11.7. The van der Waals surface area contributed by atoms with E-state index < -0.39 is 0 Å². The maximum Gasteiger partial charge on any atom is 0.253 e. The number of ether oxygens (including phenoxy) is 2. The van der Waals surface area contributed by atoms with Crippen LogP contribution < -0.4 is 10.1 Å². The third-order valence-electron chi connectivity index (χ3n) is 3.81. The molecule has 5 nitrogen and oxygen atoms in total. The van der Waals surface area contributed by atoms with E-state index in [4.69, 9.17) is 21.1 Å². The van der Waals surface area contributed by atoms with Gasteiger partial charge in [-0.2, -0.15) is 0 Å². The van der Waals surface area contributed by atoms with Crippen molar-refractivity contribution in [2.75, 3.05) is 13.2 Å². The van der Waals surface area contributed by atoms with E-state index in [1.165, 1.54) is 6.20 Å². The number of halogens is 1. The normalized spacial score (nSPS) is 16.8. The minimum Gasteiger partial charge on any atom is -0.475 e. The molecule has 2 aromatic rings. The largest absolute Gasteiger partial charge is 0.475 e. The molecule has 1 saturated heterocycles. The average molecular weight is 347 g/mol. The van der Waals surface area contributed by atoms with Gasteiger partial charge in [0.05, 0.1) is 11.7 Å². The molecule has 1 aliphatic heterocycles. The van der Waals surface area contributed by atoms with Crippen LogP contribution in [-0.4, -0.2) is 30.2 Å². The van der Waals surface area contributed by atoms with Crippen molar-refractivity contribution in [2.24, 2.45) is 0 Å². The van der Waals surface area contributed by atoms with Crippen LogP contribution in [-0.2, 0) is 11.3 Å². The minimum absolute atomic E-state index is 0.147. The molecule has 1 aromatic heterocycles. The van der Waals surface area contributed by atoms with E-state index >= 15 is 0 Å². The van der Waals surface area contributed by atoms with Crippen molar-refractivity contribution in [1.29, 1.82) is 0 Å². The van der Waals surface area contributed by atoms with Crippen LogP contribution in [0.1, 0.15) is 28.8 Å². The Morgan fingerprint density at radius 1 is 1.29 bits per heavy atom. The van der Waals surface area contributed by atoms with Crippen LogP contribution in [0.15, 0.2) is 42.6 Å². The number of nitrogens with zero attached hydrogens (tertiary/aromatic N) is 1. The molecule has 0 saturated carbocycles. The SMILES string of the molecule is O=C(NCc1ccc(Cl)cc1)c1ccc(OC[C@H]2CCCO2)nc1. The summed E-state index contributed by atoms with van der Waals surface area (Å²) in [5.41, 5.74) is 1.48. The molecule has 0 aliphatic carbocycles. The lowest BCUT2D eigenvalue weighted by Crippen LogP contribution is -2.23. The van der Waals surface area contributed by atoms with Gasteiger partial charge in [0.25, 0.3) is 5.91 Å². The van der Waals surface area contributed by atoms with Crippen molar-refractivity contribution in [3.05, 3.63) is 58.7 Å². The lowest BCUT2D eigenvalue weighted by Gasteiger charge is -2.11. The maximum absolute atomic E-state index is 12.1. The van der Waals surface area contributed by atoms with Gasteiger partial charge in [-0.3, -0.25) is 4.79 Å². The molecule has 0 unspecified atom stereocenters. The van der Waals surface area contributed by atoms with Gasteiger partial charge in [0.2, 0.25) is 5.88 Å². The lowest BCUT2D eigenvalue weighted by atomic mass is 10.2. The summed E-state index contributed by atoms with van der Waals surface area (Å²) >= 11 is 5.84. The Hall–Kier alpha value is -2.11. The number of nitrogens with one attached hydrogen (secondary N) is 1. The van der Waals surface area contributed by atoms with Gasteiger partial charge in [-0.15, -0.1) is 0 Å². The molecule has 24 heavy (non-hydrogen) atoms. The summed E-state index contributed by atoms with van der Waals surface area (Å²) in [5.74, 6) is 0.322. The number of carbonyl (C=O) groups is 1. The predicted octanol–water partition coefficient (Wildman–Crippen LogP) is 3.22. The number of aromatic nitrogens is 1. The summed E-state index contributed by atoms with van der Waals surface area (Å²) in [6, 6.07) is 10.8. The number of rotatable bonds is 6. The minimum atomic E-state index is -0.178. The molecule has 1 amide bonds. The van der Waals surface area contributed by atoms with Crippen molar-refractivity contribution in [3.8, 4) is 5.88 Å². The van der Waals surface area contributed by atoms with Crippen molar-refractivity contribution < 1.29 is 14.3 Å². The van der Waals surface area contributed by atoms with E-state index in [0.29, 0.717) is 29.6 Å². The van der Waals surface area contributed by atoms with Crippen molar-refractivity contribution >= 4 is 17.5 Å². The summed E-state index contributed by atoms with van der Waals surface area (Å²) < 4.78 is 11.1. The monoisotopic (exact) mass is 346 g/mol. The van der Waals surface area contributed by atoms with Crippen LogP contribution in [0.4, 0.5) is 0 Å². The van der Waals surface area contributed by atoms with E-state index in [0.717, 1.165) is 25.0 Å². The fourth-order valence-electron chi connectivity index (χ4n) is 2.44. The van der Waals surface area contributed by atoms with Gasteiger partial charge in [-0.25, -0.2) is 4.98 Å². The van der Waals surface area contributed by atoms with E-state index in [9.17, 15) is 4.79 Å². The smallest absolute Gasteiger partial charge is 0.253 e. The Bertz CT molecular complexity index is 668. The number of carbonyl (C=O) groups excluding carboxylic acids is 1. The van der Waals surface area contributed by atoms with E-state index in [1.54, 1.807) is 24.3 Å². The van der Waals surface area contributed by atoms with E-state index in [2.05, 4.69) is 10.3 Å². The molecule has 2 heterocycles. The number of pyridine rings is 1. The maximum atomic E-state index is 12.1. The van der Waals surface area contributed by atoms with Gasteiger partial charge in [0.1, 0.15) is 6.61 Å². The summed E-state index contributed by atoms with van der Waals surface area (Å²) in [6.45, 7) is 1.73. The van der Waals surface area contributed by atoms with E-state index in [1.807, 2.05) is 12.1 Å². The second kappa shape index (κ2) is 8.13. The standard InChI is InChI=1S/C18H19ClN2O3/c19-15-6-3-13(4-7-15)10-21-18(22)14-5-8-17(20-11-14)24-12-16-2-1-9-23-16/h3-8,11,16H,1-2,9-10,12H2,(H,21,22)/t16-/m1/s1. The predicted molar refractivity (Wildman–Crippen MR) is 91.3 cm³/mol.